The van der Waals surface area contributed by atoms with E-state index in [1.807, 2.05) is 0 Å². The number of nitrogens with zero attached hydrogens (tertiary/aromatic N) is 1. The van der Waals surface area contributed by atoms with Gasteiger partial charge in [-0.3, -0.25) is 4.79 Å². The molecule has 3 rings (SSSR count). The Bertz CT molecular complexity index is 1250. The number of carbonyl (C=O) groups is 1. The summed E-state index contributed by atoms with van der Waals surface area (Å²) in [4.78, 5) is 12.6. The lowest BCUT2D eigenvalue weighted by atomic mass is 10.2. The number of carbonyl (C=O) groups excluding carboxylic acids is 1. The molecule has 0 aromatic heterocycles. The second kappa shape index (κ2) is 10.3. The molecule has 0 radical (unpaired) electrons. The van der Waals surface area contributed by atoms with Crippen molar-refractivity contribution in [3.05, 3.63) is 93.4 Å². The molecule has 33 heavy (non-hydrogen) atoms. The summed E-state index contributed by atoms with van der Waals surface area (Å²) in [6.07, 6.45) is -4.58. The number of rotatable bonds is 7. The Balaban J connectivity index is 1.89. The van der Waals surface area contributed by atoms with Crippen molar-refractivity contribution in [2.45, 2.75) is 17.6 Å². The second-order valence-electron chi connectivity index (χ2n) is 6.95. The largest absolute Gasteiger partial charge is 0.416 e. The molecule has 0 heterocycles. The van der Waals surface area contributed by atoms with Crippen LogP contribution in [0.4, 0.5) is 18.9 Å². The molecule has 11 heteroatoms. The van der Waals surface area contributed by atoms with Crippen molar-refractivity contribution >= 4 is 49.1 Å². The van der Waals surface area contributed by atoms with Gasteiger partial charge in [0.2, 0.25) is 15.9 Å². The summed E-state index contributed by atoms with van der Waals surface area (Å²) in [5.41, 5.74) is -0.573. The van der Waals surface area contributed by atoms with Gasteiger partial charge in [0.05, 0.1) is 17.0 Å². The molecule has 5 nitrogen and oxygen atoms in total. The van der Waals surface area contributed by atoms with Crippen LogP contribution >= 0.6 is 27.5 Å². The highest BCUT2D eigenvalue weighted by molar-refractivity contribution is 9.10. The van der Waals surface area contributed by atoms with Crippen LogP contribution < -0.4 is 5.32 Å². The summed E-state index contributed by atoms with van der Waals surface area (Å²) in [5, 5.41) is 2.64. The first kappa shape index (κ1) is 25.2. The van der Waals surface area contributed by atoms with Gasteiger partial charge in [0, 0.05) is 21.7 Å². The van der Waals surface area contributed by atoms with E-state index in [2.05, 4.69) is 21.2 Å². The third-order valence-corrected chi connectivity index (χ3v) is 7.25. The van der Waals surface area contributed by atoms with Gasteiger partial charge < -0.3 is 5.32 Å². The maximum Gasteiger partial charge on any atom is 0.416 e. The van der Waals surface area contributed by atoms with Crippen LogP contribution in [0, 0.1) is 0 Å². The van der Waals surface area contributed by atoms with Gasteiger partial charge in [0.1, 0.15) is 0 Å². The molecule has 1 N–H and O–H groups in total. The SMILES string of the molecule is O=C(CN(Cc1ccccc1Cl)S(=O)(=O)c1ccc(Br)cc1)Nc1cccc(C(F)(F)F)c1. The highest BCUT2D eigenvalue weighted by Gasteiger charge is 2.31. The van der Waals surface area contributed by atoms with E-state index in [0.29, 0.717) is 15.1 Å². The minimum atomic E-state index is -4.58. The number of anilines is 1. The molecule has 0 fully saturated rings. The average Bonchev–Trinajstić information content (AvgIpc) is 2.74. The van der Waals surface area contributed by atoms with E-state index >= 15 is 0 Å². The molecule has 0 aliphatic heterocycles. The monoisotopic (exact) mass is 560 g/mol. The Hall–Kier alpha value is -2.40. The molecule has 0 atom stereocenters. The molecular formula is C22H17BrClF3N2O3S. The standard InChI is InChI=1S/C22H17BrClF3N2O3S/c23-17-8-10-19(11-9-17)33(31,32)29(13-15-4-1-2-7-20(15)24)14-21(30)28-18-6-3-5-16(12-18)22(25,26)27/h1-12H,13-14H2,(H,28,30). The highest BCUT2D eigenvalue weighted by atomic mass is 79.9. The fourth-order valence-electron chi connectivity index (χ4n) is 2.93. The van der Waals surface area contributed by atoms with Gasteiger partial charge >= 0.3 is 6.18 Å². The summed E-state index contributed by atoms with van der Waals surface area (Å²) in [6.45, 7) is -0.853. The van der Waals surface area contributed by atoms with Gasteiger partial charge in [-0.15, -0.1) is 0 Å². The quantitative estimate of drug-likeness (QED) is 0.388. The molecule has 174 valence electrons. The molecule has 0 saturated heterocycles. The Labute approximate surface area is 202 Å². The maximum atomic E-state index is 13.3. The van der Waals surface area contributed by atoms with Crippen molar-refractivity contribution in [2.24, 2.45) is 0 Å². The van der Waals surface area contributed by atoms with Crippen LogP contribution in [0.15, 0.2) is 82.2 Å². The highest BCUT2D eigenvalue weighted by Crippen LogP contribution is 2.31. The van der Waals surface area contributed by atoms with Crippen molar-refractivity contribution in [1.29, 1.82) is 0 Å². The molecule has 0 spiro atoms. The molecule has 0 unspecified atom stereocenters. The number of hydrogen-bond acceptors (Lipinski definition) is 3. The minimum absolute atomic E-state index is 0.0513. The first-order valence-electron chi connectivity index (χ1n) is 9.43. The number of halogens is 5. The third-order valence-electron chi connectivity index (χ3n) is 4.55. The predicted molar refractivity (Wildman–Crippen MR) is 123 cm³/mol. The Morgan fingerprint density at radius 2 is 1.67 bits per heavy atom. The lowest BCUT2D eigenvalue weighted by molar-refractivity contribution is -0.137. The zero-order valence-electron chi connectivity index (χ0n) is 16.8. The van der Waals surface area contributed by atoms with Gasteiger partial charge in [-0.25, -0.2) is 8.42 Å². The Morgan fingerprint density at radius 1 is 1.00 bits per heavy atom. The summed E-state index contributed by atoms with van der Waals surface area (Å²) in [6, 6.07) is 16.5. The molecule has 0 bridgehead atoms. The molecule has 3 aromatic carbocycles. The topological polar surface area (TPSA) is 66.5 Å². The van der Waals surface area contributed by atoms with Gasteiger partial charge in [-0.05, 0) is 54.1 Å². The van der Waals surface area contributed by atoms with Crippen LogP contribution in [-0.2, 0) is 27.5 Å². The summed E-state index contributed by atoms with van der Waals surface area (Å²) in [5.74, 6) is -0.804. The van der Waals surface area contributed by atoms with E-state index in [4.69, 9.17) is 11.6 Å². The average molecular weight is 562 g/mol. The number of nitrogens with one attached hydrogen (secondary N) is 1. The fraction of sp³-hybridized carbons (Fsp3) is 0.136. The second-order valence-corrected chi connectivity index (χ2v) is 10.2. The first-order valence-corrected chi connectivity index (χ1v) is 12.0. The van der Waals surface area contributed by atoms with Crippen molar-refractivity contribution in [1.82, 2.24) is 4.31 Å². The predicted octanol–water partition coefficient (Wildman–Crippen LogP) is 5.95. The minimum Gasteiger partial charge on any atom is -0.325 e. The Morgan fingerprint density at radius 3 is 2.30 bits per heavy atom. The van der Waals surface area contributed by atoms with Crippen LogP contribution in [-0.4, -0.2) is 25.2 Å². The van der Waals surface area contributed by atoms with Gasteiger partial charge in [0.25, 0.3) is 0 Å². The normalized spacial score (nSPS) is 12.1. The smallest absolute Gasteiger partial charge is 0.325 e. The molecule has 0 saturated carbocycles. The zero-order valence-corrected chi connectivity index (χ0v) is 20.0. The number of alkyl halides is 3. The van der Waals surface area contributed by atoms with Crippen molar-refractivity contribution in [3.63, 3.8) is 0 Å². The van der Waals surface area contributed by atoms with E-state index in [1.165, 1.54) is 18.2 Å². The molecule has 3 aromatic rings. The third kappa shape index (κ3) is 6.57. The molecule has 0 aliphatic rings. The lowest BCUT2D eigenvalue weighted by Gasteiger charge is -2.22. The van der Waals surface area contributed by atoms with E-state index in [9.17, 15) is 26.4 Å². The van der Waals surface area contributed by atoms with Crippen molar-refractivity contribution < 1.29 is 26.4 Å². The number of amides is 1. The van der Waals surface area contributed by atoms with Crippen LogP contribution in [0.1, 0.15) is 11.1 Å². The van der Waals surface area contributed by atoms with Crippen molar-refractivity contribution in [2.75, 3.05) is 11.9 Å². The number of hydrogen-bond donors (Lipinski definition) is 1. The van der Waals surface area contributed by atoms with E-state index < -0.39 is 34.2 Å². The fourth-order valence-corrected chi connectivity index (χ4v) is 4.77. The van der Waals surface area contributed by atoms with Crippen LogP contribution in [0.5, 0.6) is 0 Å². The summed E-state index contributed by atoms with van der Waals surface area (Å²) < 4.78 is 67.0. The number of sulfonamides is 1. The molecule has 1 amide bonds. The van der Waals surface area contributed by atoms with E-state index in [0.717, 1.165) is 22.5 Å². The summed E-state index contributed by atoms with van der Waals surface area (Å²) in [7, 11) is -4.14. The lowest BCUT2D eigenvalue weighted by Crippen LogP contribution is -2.37. The maximum absolute atomic E-state index is 13.3. The van der Waals surface area contributed by atoms with Crippen LogP contribution in [0.25, 0.3) is 0 Å². The summed E-state index contributed by atoms with van der Waals surface area (Å²) >= 11 is 9.42. The van der Waals surface area contributed by atoms with E-state index in [1.54, 1.807) is 36.4 Å². The van der Waals surface area contributed by atoms with Gasteiger partial charge in [0.15, 0.2) is 0 Å². The Kier molecular flexibility index (Phi) is 7.84. The molecule has 0 aliphatic carbocycles. The first-order chi connectivity index (χ1) is 15.5. The van der Waals surface area contributed by atoms with E-state index in [-0.39, 0.29) is 17.1 Å². The van der Waals surface area contributed by atoms with Crippen LogP contribution in [0.2, 0.25) is 5.02 Å². The van der Waals surface area contributed by atoms with Gasteiger partial charge in [-0.2, -0.15) is 17.5 Å². The zero-order chi connectivity index (χ0) is 24.2. The van der Waals surface area contributed by atoms with Gasteiger partial charge in [-0.1, -0.05) is 51.8 Å². The van der Waals surface area contributed by atoms with Crippen molar-refractivity contribution in [3.8, 4) is 0 Å². The number of benzene rings is 3. The van der Waals surface area contributed by atoms with Crippen LogP contribution in [0.3, 0.4) is 0 Å². The molecular weight excluding hydrogens is 545 g/mol.